The second-order valence-corrected chi connectivity index (χ2v) is 6.01. The molecule has 1 aliphatic rings. The van der Waals surface area contributed by atoms with E-state index in [4.69, 9.17) is 0 Å². The zero-order valence-electron chi connectivity index (χ0n) is 10.2. The molecule has 18 heavy (non-hydrogen) atoms. The van der Waals surface area contributed by atoms with Gasteiger partial charge in [-0.25, -0.2) is 0 Å². The Morgan fingerprint density at radius 2 is 2.06 bits per heavy atom. The van der Waals surface area contributed by atoms with Gasteiger partial charge in [0.15, 0.2) is 0 Å². The van der Waals surface area contributed by atoms with Crippen molar-refractivity contribution >= 4 is 51.7 Å². The van der Waals surface area contributed by atoms with E-state index in [1.807, 2.05) is 26.0 Å². The molecule has 2 rings (SSSR count). The van der Waals surface area contributed by atoms with E-state index in [0.29, 0.717) is 0 Å². The zero-order valence-corrected chi connectivity index (χ0v) is 13.5. The van der Waals surface area contributed by atoms with E-state index < -0.39 is 0 Å². The minimum Gasteiger partial charge on any atom is -0.325 e. The van der Waals surface area contributed by atoms with Crippen molar-refractivity contribution in [3.8, 4) is 0 Å². The van der Waals surface area contributed by atoms with Crippen molar-refractivity contribution in [1.82, 2.24) is 5.32 Å². The highest BCUT2D eigenvalue weighted by Gasteiger charge is 2.22. The van der Waals surface area contributed by atoms with Gasteiger partial charge in [0, 0.05) is 21.8 Å². The Kier molecular flexibility index (Phi) is 5.98. The number of thioether (sulfide) groups is 1. The summed E-state index contributed by atoms with van der Waals surface area (Å²) < 4.78 is 1.10. The van der Waals surface area contributed by atoms with Crippen LogP contribution in [0.4, 0.5) is 5.69 Å². The Labute approximate surface area is 126 Å². The summed E-state index contributed by atoms with van der Waals surface area (Å²) in [5, 5.41) is 6.12. The first-order valence-electron chi connectivity index (χ1n) is 5.46. The minimum absolute atomic E-state index is 0. The first-order valence-corrected chi connectivity index (χ1v) is 7.41. The Morgan fingerprint density at radius 1 is 1.44 bits per heavy atom. The van der Waals surface area contributed by atoms with Crippen molar-refractivity contribution in [2.75, 3.05) is 16.9 Å². The molecule has 3 nitrogen and oxygen atoms in total. The molecule has 1 heterocycles. The van der Waals surface area contributed by atoms with Crippen molar-refractivity contribution in [3.05, 3.63) is 27.7 Å². The maximum atomic E-state index is 11.9. The molecule has 2 N–H and O–H groups in total. The molecule has 1 aromatic carbocycles. The molecule has 1 aromatic rings. The van der Waals surface area contributed by atoms with Gasteiger partial charge >= 0.3 is 0 Å². The van der Waals surface area contributed by atoms with Crippen LogP contribution in [0, 0.1) is 13.8 Å². The van der Waals surface area contributed by atoms with Crippen LogP contribution in [0.25, 0.3) is 0 Å². The number of halogens is 2. The summed E-state index contributed by atoms with van der Waals surface area (Å²) in [4.78, 5) is 11.9. The van der Waals surface area contributed by atoms with Crippen molar-refractivity contribution in [3.63, 3.8) is 0 Å². The van der Waals surface area contributed by atoms with E-state index in [0.717, 1.165) is 32.9 Å². The average Bonchev–Trinajstić information content (AvgIpc) is 2.79. The second kappa shape index (κ2) is 6.80. The van der Waals surface area contributed by atoms with Crippen LogP contribution >= 0.6 is 40.1 Å². The summed E-state index contributed by atoms with van der Waals surface area (Å²) in [6, 6.07) is 3.90. The highest BCUT2D eigenvalue weighted by atomic mass is 79.9. The molecule has 0 aromatic heterocycles. The fourth-order valence-corrected chi connectivity index (χ4v) is 2.98. The van der Waals surface area contributed by atoms with Crippen LogP contribution in [-0.2, 0) is 4.79 Å². The molecule has 1 amide bonds. The van der Waals surface area contributed by atoms with Crippen LogP contribution < -0.4 is 10.6 Å². The molecule has 1 saturated heterocycles. The van der Waals surface area contributed by atoms with Gasteiger partial charge in [-0.15, -0.1) is 24.2 Å². The number of aryl methyl sites for hydroxylation is 2. The first kappa shape index (κ1) is 15.8. The van der Waals surface area contributed by atoms with Crippen molar-refractivity contribution in [2.45, 2.75) is 19.9 Å². The van der Waals surface area contributed by atoms with Crippen LogP contribution in [-0.4, -0.2) is 23.6 Å². The van der Waals surface area contributed by atoms with E-state index in [9.17, 15) is 4.79 Å². The summed E-state index contributed by atoms with van der Waals surface area (Å²) >= 11 is 5.27. The van der Waals surface area contributed by atoms with Crippen LogP contribution in [0.2, 0.25) is 0 Å². The molecule has 6 heteroatoms. The average molecular weight is 352 g/mol. The quantitative estimate of drug-likeness (QED) is 0.860. The fourth-order valence-electron chi connectivity index (χ4n) is 1.81. The van der Waals surface area contributed by atoms with Gasteiger partial charge in [-0.1, -0.05) is 15.9 Å². The van der Waals surface area contributed by atoms with Crippen molar-refractivity contribution < 1.29 is 4.79 Å². The van der Waals surface area contributed by atoms with E-state index in [2.05, 4.69) is 26.6 Å². The normalized spacial score (nSPS) is 18.3. The molecule has 1 aliphatic heterocycles. The van der Waals surface area contributed by atoms with Gasteiger partial charge in [-0.05, 0) is 37.1 Å². The monoisotopic (exact) mass is 350 g/mol. The van der Waals surface area contributed by atoms with Crippen LogP contribution in [0.1, 0.15) is 11.1 Å². The zero-order chi connectivity index (χ0) is 12.4. The van der Waals surface area contributed by atoms with E-state index in [-0.39, 0.29) is 24.4 Å². The van der Waals surface area contributed by atoms with Crippen molar-refractivity contribution in [1.29, 1.82) is 0 Å². The van der Waals surface area contributed by atoms with Gasteiger partial charge < -0.3 is 5.32 Å². The number of rotatable bonds is 2. The third kappa shape index (κ3) is 3.63. The highest BCUT2D eigenvalue weighted by molar-refractivity contribution is 9.10. The molecule has 1 fully saturated rings. The lowest BCUT2D eigenvalue weighted by molar-refractivity contribution is -0.117. The lowest BCUT2D eigenvalue weighted by Crippen LogP contribution is -2.37. The van der Waals surface area contributed by atoms with Gasteiger partial charge in [0.05, 0.1) is 6.04 Å². The predicted octanol–water partition coefficient (Wildman–Crippen LogP) is 3.09. The standard InChI is InChI=1S/C12H15BrN2OS.ClH/c1-7-3-9(4-8(2)11(7)13)15-12(16)10-5-17-6-14-10;/h3-4,10,14H,5-6H2,1-2H3,(H,15,16);1H. The van der Waals surface area contributed by atoms with Crippen LogP contribution in [0.5, 0.6) is 0 Å². The highest BCUT2D eigenvalue weighted by Crippen LogP contribution is 2.25. The predicted molar refractivity (Wildman–Crippen MR) is 83.7 cm³/mol. The van der Waals surface area contributed by atoms with E-state index >= 15 is 0 Å². The van der Waals surface area contributed by atoms with E-state index in [1.165, 1.54) is 0 Å². The number of nitrogens with one attached hydrogen (secondary N) is 2. The Morgan fingerprint density at radius 3 is 2.56 bits per heavy atom. The molecular formula is C12H16BrClN2OS. The SMILES string of the molecule is Cc1cc(NC(=O)C2CSCN2)cc(C)c1Br.Cl. The van der Waals surface area contributed by atoms with Gasteiger partial charge in [0.2, 0.25) is 5.91 Å². The van der Waals surface area contributed by atoms with Crippen molar-refractivity contribution in [2.24, 2.45) is 0 Å². The largest absolute Gasteiger partial charge is 0.325 e. The van der Waals surface area contributed by atoms with Crippen LogP contribution in [0.15, 0.2) is 16.6 Å². The number of carbonyl (C=O) groups is 1. The number of benzene rings is 1. The maximum absolute atomic E-state index is 11.9. The van der Waals surface area contributed by atoms with E-state index in [1.54, 1.807) is 11.8 Å². The summed E-state index contributed by atoms with van der Waals surface area (Å²) in [6.45, 7) is 4.05. The Hall–Kier alpha value is -0.230. The molecule has 100 valence electrons. The topological polar surface area (TPSA) is 41.1 Å². The molecule has 1 unspecified atom stereocenters. The van der Waals surface area contributed by atoms with Gasteiger partial charge in [0.25, 0.3) is 0 Å². The number of hydrogen-bond acceptors (Lipinski definition) is 3. The number of carbonyl (C=O) groups excluding carboxylic acids is 1. The number of amides is 1. The third-order valence-electron chi connectivity index (χ3n) is 2.74. The molecule has 0 aliphatic carbocycles. The smallest absolute Gasteiger partial charge is 0.242 e. The lowest BCUT2D eigenvalue weighted by Gasteiger charge is -2.12. The summed E-state index contributed by atoms with van der Waals surface area (Å²) in [7, 11) is 0. The van der Waals surface area contributed by atoms with Gasteiger partial charge in [0.1, 0.15) is 0 Å². The molecule has 0 spiro atoms. The summed E-state index contributed by atoms with van der Waals surface area (Å²) in [5.74, 6) is 1.76. The first-order chi connectivity index (χ1) is 8.08. The number of hydrogen-bond donors (Lipinski definition) is 2. The maximum Gasteiger partial charge on any atom is 0.242 e. The Bertz CT molecular complexity index is 427. The van der Waals surface area contributed by atoms with Crippen LogP contribution in [0.3, 0.4) is 0 Å². The Balaban J connectivity index is 0.00000162. The summed E-state index contributed by atoms with van der Waals surface area (Å²) in [6.07, 6.45) is 0. The molecular weight excluding hydrogens is 336 g/mol. The van der Waals surface area contributed by atoms with Gasteiger partial charge in [-0.2, -0.15) is 0 Å². The fraction of sp³-hybridized carbons (Fsp3) is 0.417. The lowest BCUT2D eigenvalue weighted by atomic mass is 10.1. The molecule has 0 bridgehead atoms. The number of anilines is 1. The molecule has 0 saturated carbocycles. The third-order valence-corrected chi connectivity index (χ3v) is 4.93. The summed E-state index contributed by atoms with van der Waals surface area (Å²) in [5.41, 5.74) is 3.13. The molecule has 1 atom stereocenters. The van der Waals surface area contributed by atoms with Gasteiger partial charge in [-0.3, -0.25) is 10.1 Å². The molecule has 0 radical (unpaired) electrons. The second-order valence-electron chi connectivity index (χ2n) is 4.19. The minimum atomic E-state index is -0.0655.